The second-order valence-corrected chi connectivity index (χ2v) is 9.78. The van der Waals surface area contributed by atoms with Crippen LogP contribution in [-0.2, 0) is 4.79 Å². The van der Waals surface area contributed by atoms with Crippen LogP contribution >= 0.6 is 23.1 Å². The molecule has 0 spiro atoms. The third-order valence-electron chi connectivity index (χ3n) is 5.17. The maximum Gasteiger partial charge on any atom is 0.234 e. The SMILES string of the molecule is Cc1sc2nc(C(C)C)n3c(SCC(=O)Nc4ccc5c(c4)OCO5)nnc3c2c1C. The summed E-state index contributed by atoms with van der Waals surface area (Å²) in [6, 6.07) is 5.34. The maximum atomic E-state index is 12.6. The summed E-state index contributed by atoms with van der Waals surface area (Å²) in [6.45, 7) is 8.58. The van der Waals surface area contributed by atoms with Crippen molar-refractivity contribution in [3.05, 3.63) is 34.5 Å². The Morgan fingerprint density at radius 3 is 2.87 bits per heavy atom. The fourth-order valence-corrected chi connectivity index (χ4v) is 5.30. The smallest absolute Gasteiger partial charge is 0.234 e. The first-order valence-electron chi connectivity index (χ1n) is 9.89. The summed E-state index contributed by atoms with van der Waals surface area (Å²) in [5.41, 5.74) is 2.64. The highest BCUT2D eigenvalue weighted by atomic mass is 32.2. The van der Waals surface area contributed by atoms with Crippen LogP contribution < -0.4 is 14.8 Å². The normalized spacial score (nSPS) is 12.9. The first-order valence-corrected chi connectivity index (χ1v) is 11.7. The molecule has 5 rings (SSSR count). The molecule has 1 N–H and O–H groups in total. The number of thiophene rings is 1. The van der Waals surface area contributed by atoms with Gasteiger partial charge in [0.05, 0.1) is 11.1 Å². The van der Waals surface area contributed by atoms with Crippen molar-refractivity contribution in [3.8, 4) is 11.5 Å². The molecule has 0 saturated heterocycles. The van der Waals surface area contributed by atoms with E-state index in [1.165, 1.54) is 22.2 Å². The van der Waals surface area contributed by atoms with Gasteiger partial charge in [0, 0.05) is 22.5 Å². The Labute approximate surface area is 187 Å². The number of hydrogen-bond acceptors (Lipinski definition) is 8. The average molecular weight is 456 g/mol. The Morgan fingerprint density at radius 2 is 2.06 bits per heavy atom. The number of fused-ring (bicyclic) bond motifs is 4. The van der Waals surface area contributed by atoms with Gasteiger partial charge in [0.15, 0.2) is 22.3 Å². The first kappa shape index (κ1) is 20.1. The number of anilines is 1. The number of aryl methyl sites for hydroxylation is 2. The lowest BCUT2D eigenvalue weighted by molar-refractivity contribution is -0.113. The largest absolute Gasteiger partial charge is 0.454 e. The van der Waals surface area contributed by atoms with Crippen molar-refractivity contribution in [2.45, 2.75) is 38.8 Å². The Bertz CT molecular complexity index is 1330. The zero-order valence-electron chi connectivity index (χ0n) is 17.6. The van der Waals surface area contributed by atoms with E-state index in [-0.39, 0.29) is 24.4 Å². The molecular formula is C21H21N5O3S2. The standard InChI is InChI=1S/C21H21N5O3S2/c1-10(2)18-23-20-17(11(3)12(4)31-20)19-24-25-21(26(18)19)30-8-16(27)22-13-5-6-14-15(7-13)29-9-28-14/h5-7,10H,8-9H2,1-4H3,(H,22,27). The van der Waals surface area contributed by atoms with Crippen LogP contribution in [0.5, 0.6) is 11.5 Å². The Balaban J connectivity index is 1.41. The van der Waals surface area contributed by atoms with Crippen LogP contribution in [-0.4, -0.2) is 38.0 Å². The van der Waals surface area contributed by atoms with Gasteiger partial charge in [-0.2, -0.15) is 0 Å². The van der Waals surface area contributed by atoms with Crippen LogP contribution in [0.3, 0.4) is 0 Å². The number of nitrogens with one attached hydrogen (secondary N) is 1. The van der Waals surface area contributed by atoms with Crippen LogP contribution in [0.1, 0.15) is 36.0 Å². The highest BCUT2D eigenvalue weighted by Crippen LogP contribution is 2.36. The molecule has 31 heavy (non-hydrogen) atoms. The number of rotatable bonds is 5. The monoisotopic (exact) mass is 455 g/mol. The molecule has 1 aliphatic rings. The maximum absolute atomic E-state index is 12.6. The fourth-order valence-electron chi connectivity index (χ4n) is 3.53. The van der Waals surface area contributed by atoms with E-state index in [0.717, 1.165) is 21.7 Å². The lowest BCUT2D eigenvalue weighted by Crippen LogP contribution is -2.14. The van der Waals surface area contributed by atoms with Crippen molar-refractivity contribution in [2.24, 2.45) is 0 Å². The molecule has 0 atom stereocenters. The molecule has 4 heterocycles. The third kappa shape index (κ3) is 3.49. The second-order valence-electron chi connectivity index (χ2n) is 7.63. The number of nitrogens with zero attached hydrogens (tertiary/aromatic N) is 4. The van der Waals surface area contributed by atoms with Gasteiger partial charge >= 0.3 is 0 Å². The molecule has 8 nitrogen and oxygen atoms in total. The van der Waals surface area contributed by atoms with Gasteiger partial charge < -0.3 is 14.8 Å². The summed E-state index contributed by atoms with van der Waals surface area (Å²) < 4.78 is 12.7. The molecule has 4 aromatic rings. The summed E-state index contributed by atoms with van der Waals surface area (Å²) in [4.78, 5) is 19.7. The molecule has 1 amide bonds. The highest BCUT2D eigenvalue weighted by molar-refractivity contribution is 7.99. The van der Waals surface area contributed by atoms with Gasteiger partial charge in [0.1, 0.15) is 10.7 Å². The van der Waals surface area contributed by atoms with Crippen LogP contribution in [0.15, 0.2) is 23.4 Å². The van der Waals surface area contributed by atoms with Crippen molar-refractivity contribution < 1.29 is 14.3 Å². The zero-order chi connectivity index (χ0) is 21.7. The van der Waals surface area contributed by atoms with Gasteiger partial charge in [-0.05, 0) is 31.5 Å². The van der Waals surface area contributed by atoms with E-state index in [2.05, 4.69) is 43.2 Å². The zero-order valence-corrected chi connectivity index (χ0v) is 19.2. The van der Waals surface area contributed by atoms with E-state index >= 15 is 0 Å². The number of aromatic nitrogens is 4. The summed E-state index contributed by atoms with van der Waals surface area (Å²) in [7, 11) is 0. The minimum Gasteiger partial charge on any atom is -0.454 e. The summed E-state index contributed by atoms with van der Waals surface area (Å²) in [6.07, 6.45) is 0. The predicted molar refractivity (Wildman–Crippen MR) is 122 cm³/mol. The first-order chi connectivity index (χ1) is 14.9. The van der Waals surface area contributed by atoms with Gasteiger partial charge in [0.25, 0.3) is 0 Å². The molecule has 3 aromatic heterocycles. The Kier molecular flexibility index (Phi) is 4.98. The Morgan fingerprint density at radius 1 is 1.26 bits per heavy atom. The molecule has 0 aliphatic carbocycles. The van der Waals surface area contributed by atoms with E-state index in [1.807, 2.05) is 4.40 Å². The van der Waals surface area contributed by atoms with Crippen LogP contribution in [0.2, 0.25) is 0 Å². The quantitative estimate of drug-likeness (QED) is 0.442. The average Bonchev–Trinajstić information content (AvgIpc) is 3.43. The number of ether oxygens (including phenoxy) is 2. The number of amides is 1. The van der Waals surface area contributed by atoms with Crippen molar-refractivity contribution in [2.75, 3.05) is 17.9 Å². The second kappa shape index (κ2) is 7.69. The van der Waals surface area contributed by atoms with Gasteiger partial charge in [-0.25, -0.2) is 4.98 Å². The summed E-state index contributed by atoms with van der Waals surface area (Å²) in [5, 5.41) is 13.4. The molecule has 0 fully saturated rings. The third-order valence-corrected chi connectivity index (χ3v) is 7.20. The van der Waals surface area contributed by atoms with Gasteiger partial charge in [-0.3, -0.25) is 9.20 Å². The number of carbonyl (C=O) groups excluding carboxylic acids is 1. The summed E-state index contributed by atoms with van der Waals surface area (Å²) >= 11 is 3.03. The van der Waals surface area contributed by atoms with E-state index in [1.54, 1.807) is 29.5 Å². The van der Waals surface area contributed by atoms with E-state index in [0.29, 0.717) is 22.3 Å². The van der Waals surface area contributed by atoms with Crippen molar-refractivity contribution in [3.63, 3.8) is 0 Å². The minimum atomic E-state index is -0.136. The molecule has 0 radical (unpaired) electrons. The molecule has 0 bridgehead atoms. The van der Waals surface area contributed by atoms with Crippen molar-refractivity contribution in [1.29, 1.82) is 0 Å². The predicted octanol–water partition coefficient (Wildman–Crippen LogP) is 4.54. The Hall–Kier alpha value is -2.85. The molecule has 1 aliphatic heterocycles. The van der Waals surface area contributed by atoms with Crippen LogP contribution in [0, 0.1) is 13.8 Å². The van der Waals surface area contributed by atoms with Crippen molar-refractivity contribution >= 4 is 50.6 Å². The molecule has 0 unspecified atom stereocenters. The number of benzene rings is 1. The van der Waals surface area contributed by atoms with Gasteiger partial charge in [-0.1, -0.05) is 25.6 Å². The van der Waals surface area contributed by atoms with E-state index in [4.69, 9.17) is 14.5 Å². The van der Waals surface area contributed by atoms with Gasteiger partial charge in [-0.15, -0.1) is 21.5 Å². The number of hydrogen-bond donors (Lipinski definition) is 1. The van der Waals surface area contributed by atoms with Crippen molar-refractivity contribution in [1.82, 2.24) is 19.6 Å². The number of thioether (sulfide) groups is 1. The lowest BCUT2D eigenvalue weighted by atomic mass is 10.2. The summed E-state index contributed by atoms with van der Waals surface area (Å²) in [5.74, 6) is 2.46. The molecule has 1 aromatic carbocycles. The van der Waals surface area contributed by atoms with Crippen LogP contribution in [0.4, 0.5) is 5.69 Å². The molecular weight excluding hydrogens is 434 g/mol. The lowest BCUT2D eigenvalue weighted by Gasteiger charge is -2.10. The minimum absolute atomic E-state index is 0.136. The fraction of sp³-hybridized carbons (Fsp3) is 0.333. The van der Waals surface area contributed by atoms with Crippen LogP contribution in [0.25, 0.3) is 15.9 Å². The highest BCUT2D eigenvalue weighted by Gasteiger charge is 2.21. The molecule has 0 saturated carbocycles. The van der Waals surface area contributed by atoms with Gasteiger partial charge in [0.2, 0.25) is 12.7 Å². The molecule has 10 heteroatoms. The van der Waals surface area contributed by atoms with E-state index in [9.17, 15) is 4.79 Å². The number of carbonyl (C=O) groups is 1. The molecule has 160 valence electrons. The van der Waals surface area contributed by atoms with E-state index < -0.39 is 0 Å². The topological polar surface area (TPSA) is 90.6 Å².